The molecule has 1 fully saturated rings. The van der Waals surface area contributed by atoms with Crippen molar-refractivity contribution in [1.82, 2.24) is 14.7 Å². The number of amides is 1. The van der Waals surface area contributed by atoms with Crippen LogP contribution in [0, 0.1) is 12.8 Å². The molecule has 1 aliphatic carbocycles. The highest BCUT2D eigenvalue weighted by atomic mass is 16.1. The second-order valence-electron chi connectivity index (χ2n) is 6.52. The summed E-state index contributed by atoms with van der Waals surface area (Å²) < 4.78 is 2.01. The molecule has 0 aliphatic heterocycles. The van der Waals surface area contributed by atoms with Crippen molar-refractivity contribution in [3.05, 3.63) is 35.8 Å². The molecule has 0 saturated heterocycles. The summed E-state index contributed by atoms with van der Waals surface area (Å²) >= 11 is 0. The van der Waals surface area contributed by atoms with Crippen LogP contribution in [-0.4, -0.2) is 15.3 Å². The maximum atomic E-state index is 12.0. The molecule has 118 valence electrons. The lowest BCUT2D eigenvalue weighted by atomic mass is 9.86. The van der Waals surface area contributed by atoms with Crippen molar-refractivity contribution in [2.75, 3.05) is 0 Å². The monoisotopic (exact) mass is 299 g/mol. The summed E-state index contributed by atoms with van der Waals surface area (Å²) in [4.78, 5) is 16.5. The molecule has 4 nitrogen and oxygen atoms in total. The van der Waals surface area contributed by atoms with Gasteiger partial charge in [-0.05, 0) is 30.9 Å². The Hall–Kier alpha value is -1.84. The average Bonchev–Trinajstić information content (AvgIpc) is 2.94. The summed E-state index contributed by atoms with van der Waals surface area (Å²) in [6.07, 6.45) is 12.4. The fraction of sp³-hybridized carbons (Fsp3) is 0.556. The van der Waals surface area contributed by atoms with Crippen molar-refractivity contribution in [2.24, 2.45) is 5.92 Å². The number of aromatic nitrogens is 2. The molecule has 2 aromatic rings. The Morgan fingerprint density at radius 2 is 2.09 bits per heavy atom. The minimum absolute atomic E-state index is 0.152. The van der Waals surface area contributed by atoms with Gasteiger partial charge in [0.2, 0.25) is 5.91 Å². The van der Waals surface area contributed by atoms with E-state index in [2.05, 4.69) is 29.5 Å². The number of imidazole rings is 1. The first-order valence-corrected chi connectivity index (χ1v) is 8.41. The van der Waals surface area contributed by atoms with Crippen LogP contribution in [0.4, 0.5) is 0 Å². The van der Waals surface area contributed by atoms with Gasteiger partial charge < -0.3 is 9.72 Å². The van der Waals surface area contributed by atoms with E-state index >= 15 is 0 Å². The molecule has 4 heteroatoms. The van der Waals surface area contributed by atoms with Gasteiger partial charge in [0, 0.05) is 18.8 Å². The van der Waals surface area contributed by atoms with Crippen LogP contribution < -0.4 is 5.32 Å². The molecule has 2 heterocycles. The maximum Gasteiger partial charge on any atom is 0.220 e. The minimum Gasteiger partial charge on any atom is -0.350 e. The third kappa shape index (κ3) is 3.87. The van der Waals surface area contributed by atoms with Crippen molar-refractivity contribution >= 4 is 11.6 Å². The molecule has 3 rings (SSSR count). The number of nitrogens with one attached hydrogen (secondary N) is 1. The standard InChI is InChI=1S/C18H25N3O/c1-14-7-9-17-20-16(13-21(17)12-14)11-19-18(22)10-8-15-5-3-2-4-6-15/h7,9,12-13,15H,2-6,8,10-11H2,1H3,(H,19,22). The first kappa shape index (κ1) is 15.1. The van der Waals surface area contributed by atoms with Gasteiger partial charge in [0.25, 0.3) is 0 Å². The van der Waals surface area contributed by atoms with Crippen LogP contribution in [-0.2, 0) is 11.3 Å². The highest BCUT2D eigenvalue weighted by Crippen LogP contribution is 2.27. The fourth-order valence-electron chi connectivity index (χ4n) is 3.33. The molecule has 1 N–H and O–H groups in total. The van der Waals surface area contributed by atoms with Crippen LogP contribution >= 0.6 is 0 Å². The fourth-order valence-corrected chi connectivity index (χ4v) is 3.33. The summed E-state index contributed by atoms with van der Waals surface area (Å²) in [5.74, 6) is 0.913. The highest BCUT2D eigenvalue weighted by Gasteiger charge is 2.14. The van der Waals surface area contributed by atoms with Crippen molar-refractivity contribution in [1.29, 1.82) is 0 Å². The molecule has 1 amide bonds. The molecule has 0 radical (unpaired) electrons. The van der Waals surface area contributed by atoms with E-state index < -0.39 is 0 Å². The predicted molar refractivity (Wildman–Crippen MR) is 87.6 cm³/mol. The third-order valence-corrected chi connectivity index (χ3v) is 4.62. The van der Waals surface area contributed by atoms with E-state index in [0.717, 1.165) is 23.7 Å². The molecular formula is C18H25N3O. The van der Waals surface area contributed by atoms with E-state index in [1.165, 1.54) is 37.7 Å². The number of hydrogen-bond acceptors (Lipinski definition) is 2. The molecule has 0 unspecified atom stereocenters. The second-order valence-corrected chi connectivity index (χ2v) is 6.52. The predicted octanol–water partition coefficient (Wildman–Crippen LogP) is 3.62. The lowest BCUT2D eigenvalue weighted by Gasteiger charge is -2.20. The lowest BCUT2D eigenvalue weighted by Crippen LogP contribution is -2.23. The van der Waals surface area contributed by atoms with E-state index in [4.69, 9.17) is 0 Å². The van der Waals surface area contributed by atoms with Gasteiger partial charge >= 0.3 is 0 Å². The Balaban J connectivity index is 1.47. The van der Waals surface area contributed by atoms with Gasteiger partial charge in [0.15, 0.2) is 0 Å². The molecule has 0 spiro atoms. The molecule has 22 heavy (non-hydrogen) atoms. The zero-order valence-corrected chi connectivity index (χ0v) is 13.3. The van der Waals surface area contributed by atoms with Crippen LogP contribution in [0.3, 0.4) is 0 Å². The molecule has 1 saturated carbocycles. The summed E-state index contributed by atoms with van der Waals surface area (Å²) in [5.41, 5.74) is 3.04. The van der Waals surface area contributed by atoms with Crippen molar-refractivity contribution in [2.45, 2.75) is 58.4 Å². The van der Waals surface area contributed by atoms with Gasteiger partial charge in [-0.2, -0.15) is 0 Å². The second kappa shape index (κ2) is 6.95. The summed E-state index contributed by atoms with van der Waals surface area (Å²) in [6.45, 7) is 2.58. The van der Waals surface area contributed by atoms with Gasteiger partial charge in [0.1, 0.15) is 5.65 Å². The maximum absolute atomic E-state index is 12.0. The number of nitrogens with zero attached hydrogens (tertiary/aromatic N) is 2. The van der Waals surface area contributed by atoms with Crippen molar-refractivity contribution in [3.63, 3.8) is 0 Å². The Bertz CT molecular complexity index is 641. The Morgan fingerprint density at radius 3 is 2.91 bits per heavy atom. The van der Waals surface area contributed by atoms with Gasteiger partial charge in [-0.3, -0.25) is 4.79 Å². The van der Waals surface area contributed by atoms with E-state index in [-0.39, 0.29) is 5.91 Å². The van der Waals surface area contributed by atoms with Crippen LogP contribution in [0.25, 0.3) is 5.65 Å². The number of fused-ring (bicyclic) bond motifs is 1. The van der Waals surface area contributed by atoms with E-state index in [0.29, 0.717) is 13.0 Å². The Labute approximate surface area is 131 Å². The number of rotatable bonds is 5. The zero-order valence-electron chi connectivity index (χ0n) is 13.3. The van der Waals surface area contributed by atoms with E-state index in [1.807, 2.05) is 16.7 Å². The zero-order chi connectivity index (χ0) is 15.4. The molecule has 0 bridgehead atoms. The molecule has 2 aromatic heterocycles. The minimum atomic E-state index is 0.152. The number of carbonyl (C=O) groups is 1. The molecule has 1 aliphatic rings. The van der Waals surface area contributed by atoms with Gasteiger partial charge in [0.05, 0.1) is 12.2 Å². The van der Waals surface area contributed by atoms with Crippen LogP contribution in [0.2, 0.25) is 0 Å². The van der Waals surface area contributed by atoms with Crippen LogP contribution in [0.15, 0.2) is 24.5 Å². The largest absolute Gasteiger partial charge is 0.350 e. The Kier molecular flexibility index (Phi) is 4.76. The quantitative estimate of drug-likeness (QED) is 0.916. The van der Waals surface area contributed by atoms with E-state index in [9.17, 15) is 4.79 Å². The summed E-state index contributed by atoms with van der Waals surface area (Å²) in [6, 6.07) is 4.05. The first-order valence-electron chi connectivity index (χ1n) is 8.41. The van der Waals surface area contributed by atoms with Crippen LogP contribution in [0.5, 0.6) is 0 Å². The van der Waals surface area contributed by atoms with Crippen molar-refractivity contribution < 1.29 is 4.79 Å². The lowest BCUT2D eigenvalue weighted by molar-refractivity contribution is -0.121. The topological polar surface area (TPSA) is 46.4 Å². The average molecular weight is 299 g/mol. The third-order valence-electron chi connectivity index (χ3n) is 4.62. The van der Waals surface area contributed by atoms with Crippen molar-refractivity contribution in [3.8, 4) is 0 Å². The Morgan fingerprint density at radius 1 is 1.27 bits per heavy atom. The van der Waals surface area contributed by atoms with Crippen LogP contribution in [0.1, 0.15) is 56.2 Å². The van der Waals surface area contributed by atoms with Gasteiger partial charge in [-0.25, -0.2) is 4.98 Å². The molecular weight excluding hydrogens is 274 g/mol. The summed E-state index contributed by atoms with van der Waals surface area (Å²) in [5, 5.41) is 3.00. The number of hydrogen-bond donors (Lipinski definition) is 1. The van der Waals surface area contributed by atoms with Gasteiger partial charge in [-0.15, -0.1) is 0 Å². The van der Waals surface area contributed by atoms with Gasteiger partial charge in [-0.1, -0.05) is 38.2 Å². The number of pyridine rings is 1. The van der Waals surface area contributed by atoms with E-state index in [1.54, 1.807) is 0 Å². The number of carbonyl (C=O) groups excluding carboxylic acids is 1. The smallest absolute Gasteiger partial charge is 0.220 e. The first-order chi connectivity index (χ1) is 10.7. The molecule has 0 aromatic carbocycles. The number of aryl methyl sites for hydroxylation is 1. The summed E-state index contributed by atoms with van der Waals surface area (Å²) in [7, 11) is 0. The highest BCUT2D eigenvalue weighted by molar-refractivity contribution is 5.75. The molecule has 0 atom stereocenters. The SMILES string of the molecule is Cc1ccc2nc(CNC(=O)CCC3CCCCC3)cn2c1. The normalized spacial score (nSPS) is 16.0.